The molecule has 2 amide bonds. The SMILES string of the molecule is CCOC(=O)c1c(NC(=O)c2ccc(OC(C)C(=O)N/N=C/c3ccccc3F)cc2)sc2c1CCC(C)C2. The number of ether oxygens (including phenoxy) is 2. The van der Waals surface area contributed by atoms with Crippen LogP contribution in [0.1, 0.15) is 63.9 Å². The first-order valence-corrected chi connectivity index (χ1v) is 13.6. The van der Waals surface area contributed by atoms with Gasteiger partial charge in [0.15, 0.2) is 6.10 Å². The molecule has 0 saturated carbocycles. The number of nitrogens with one attached hydrogen (secondary N) is 2. The maximum atomic E-state index is 13.6. The van der Waals surface area contributed by atoms with Gasteiger partial charge in [-0.1, -0.05) is 25.1 Å². The Morgan fingerprint density at radius 1 is 1.18 bits per heavy atom. The molecule has 2 atom stereocenters. The zero-order chi connectivity index (χ0) is 27.9. The zero-order valence-corrected chi connectivity index (χ0v) is 22.8. The van der Waals surface area contributed by atoms with E-state index in [-0.39, 0.29) is 18.1 Å². The minimum Gasteiger partial charge on any atom is -0.481 e. The molecule has 0 saturated heterocycles. The van der Waals surface area contributed by atoms with E-state index in [1.807, 2.05) is 0 Å². The van der Waals surface area contributed by atoms with Gasteiger partial charge in [0.05, 0.1) is 18.4 Å². The first-order valence-electron chi connectivity index (χ1n) is 12.7. The third kappa shape index (κ3) is 6.88. The number of halogens is 1. The summed E-state index contributed by atoms with van der Waals surface area (Å²) < 4.78 is 24.6. The van der Waals surface area contributed by atoms with Gasteiger partial charge in [0.25, 0.3) is 11.8 Å². The molecule has 1 heterocycles. The van der Waals surface area contributed by atoms with E-state index < -0.39 is 23.8 Å². The Morgan fingerprint density at radius 3 is 2.64 bits per heavy atom. The fraction of sp³-hybridized carbons (Fsp3) is 0.310. The van der Waals surface area contributed by atoms with Crippen molar-refractivity contribution in [3.05, 3.63) is 81.5 Å². The molecule has 0 bridgehead atoms. The lowest BCUT2D eigenvalue weighted by atomic mass is 9.88. The molecule has 1 aliphatic carbocycles. The average Bonchev–Trinajstić information content (AvgIpc) is 3.26. The summed E-state index contributed by atoms with van der Waals surface area (Å²) in [6.45, 7) is 5.73. The van der Waals surface area contributed by atoms with Crippen molar-refractivity contribution in [1.82, 2.24) is 5.43 Å². The Kier molecular flexibility index (Phi) is 9.08. The van der Waals surface area contributed by atoms with Crippen LogP contribution in [-0.2, 0) is 22.4 Å². The van der Waals surface area contributed by atoms with Crippen LogP contribution >= 0.6 is 11.3 Å². The molecule has 3 aromatic rings. The van der Waals surface area contributed by atoms with Crippen LogP contribution in [0.4, 0.5) is 9.39 Å². The number of amides is 2. The van der Waals surface area contributed by atoms with Gasteiger partial charge in [-0.2, -0.15) is 5.10 Å². The van der Waals surface area contributed by atoms with Crippen LogP contribution in [0.15, 0.2) is 53.6 Å². The summed E-state index contributed by atoms with van der Waals surface area (Å²) in [7, 11) is 0. The van der Waals surface area contributed by atoms with E-state index in [1.165, 1.54) is 29.7 Å². The van der Waals surface area contributed by atoms with Crippen molar-refractivity contribution in [2.24, 2.45) is 11.0 Å². The second-order valence-corrected chi connectivity index (χ2v) is 10.4. The highest BCUT2D eigenvalue weighted by molar-refractivity contribution is 7.17. The van der Waals surface area contributed by atoms with Crippen molar-refractivity contribution >= 4 is 40.3 Å². The van der Waals surface area contributed by atoms with E-state index >= 15 is 0 Å². The third-order valence-electron chi connectivity index (χ3n) is 6.30. The first kappa shape index (κ1) is 28.0. The summed E-state index contributed by atoms with van der Waals surface area (Å²) in [5.41, 5.74) is 4.35. The van der Waals surface area contributed by atoms with Gasteiger partial charge in [0.2, 0.25) is 0 Å². The van der Waals surface area contributed by atoms with Gasteiger partial charge in [-0.15, -0.1) is 11.3 Å². The second-order valence-electron chi connectivity index (χ2n) is 9.27. The number of benzene rings is 2. The van der Waals surface area contributed by atoms with Gasteiger partial charge in [0, 0.05) is 16.0 Å². The third-order valence-corrected chi connectivity index (χ3v) is 7.47. The molecule has 204 valence electrons. The number of hydrogen-bond donors (Lipinski definition) is 2. The van der Waals surface area contributed by atoms with Gasteiger partial charge in [-0.25, -0.2) is 14.6 Å². The molecule has 8 nitrogen and oxygen atoms in total. The number of carbonyl (C=O) groups excluding carboxylic acids is 3. The minimum atomic E-state index is -0.894. The van der Waals surface area contributed by atoms with E-state index in [0.29, 0.717) is 27.8 Å². The Balaban J connectivity index is 1.38. The maximum absolute atomic E-state index is 13.6. The largest absolute Gasteiger partial charge is 0.481 e. The summed E-state index contributed by atoms with van der Waals surface area (Å²) in [5.74, 6) is -0.868. The fourth-order valence-electron chi connectivity index (χ4n) is 4.21. The van der Waals surface area contributed by atoms with Crippen molar-refractivity contribution in [3.8, 4) is 5.75 Å². The number of carbonyl (C=O) groups is 3. The molecule has 0 spiro atoms. The van der Waals surface area contributed by atoms with Crippen molar-refractivity contribution in [2.45, 2.75) is 46.1 Å². The predicted octanol–water partition coefficient (Wildman–Crippen LogP) is 5.36. The van der Waals surface area contributed by atoms with Crippen molar-refractivity contribution < 1.29 is 28.2 Å². The summed E-state index contributed by atoms with van der Waals surface area (Å²) >= 11 is 1.43. The number of hydrogen-bond acceptors (Lipinski definition) is 7. The van der Waals surface area contributed by atoms with Crippen LogP contribution in [0.3, 0.4) is 0 Å². The highest BCUT2D eigenvalue weighted by Crippen LogP contribution is 2.40. The molecular weight excluding hydrogens is 521 g/mol. The van der Waals surface area contributed by atoms with Crippen molar-refractivity contribution in [2.75, 3.05) is 11.9 Å². The molecule has 0 radical (unpaired) electrons. The summed E-state index contributed by atoms with van der Waals surface area (Å²) in [4.78, 5) is 39.1. The Hall–Kier alpha value is -4.05. The highest BCUT2D eigenvalue weighted by Gasteiger charge is 2.29. The summed E-state index contributed by atoms with van der Waals surface area (Å²) in [5, 5.41) is 7.16. The van der Waals surface area contributed by atoms with Crippen LogP contribution in [0, 0.1) is 11.7 Å². The number of rotatable bonds is 9. The lowest BCUT2D eigenvalue weighted by Crippen LogP contribution is -2.33. The molecule has 0 aliphatic heterocycles. The van der Waals surface area contributed by atoms with E-state index in [9.17, 15) is 18.8 Å². The van der Waals surface area contributed by atoms with E-state index in [1.54, 1.807) is 50.2 Å². The molecule has 2 aromatic carbocycles. The molecule has 10 heteroatoms. The fourth-order valence-corrected chi connectivity index (χ4v) is 5.61. The molecule has 2 N–H and O–H groups in total. The van der Waals surface area contributed by atoms with Gasteiger partial charge in [0.1, 0.15) is 16.6 Å². The van der Waals surface area contributed by atoms with Crippen LogP contribution < -0.4 is 15.5 Å². The lowest BCUT2D eigenvalue weighted by molar-refractivity contribution is -0.127. The van der Waals surface area contributed by atoms with Gasteiger partial charge < -0.3 is 14.8 Å². The number of fused-ring (bicyclic) bond motifs is 1. The van der Waals surface area contributed by atoms with Crippen LogP contribution in [-0.4, -0.2) is 36.7 Å². The number of hydrazone groups is 1. The topological polar surface area (TPSA) is 106 Å². The van der Waals surface area contributed by atoms with E-state index in [2.05, 4.69) is 22.8 Å². The van der Waals surface area contributed by atoms with Crippen molar-refractivity contribution in [1.29, 1.82) is 0 Å². The quantitative estimate of drug-likeness (QED) is 0.212. The molecule has 39 heavy (non-hydrogen) atoms. The molecule has 1 aromatic heterocycles. The monoisotopic (exact) mass is 551 g/mol. The standard InChI is InChI=1S/C29H30FN3O5S/c1-4-37-29(36)25-22-14-9-17(2)15-24(22)39-28(25)32-27(35)19-10-12-21(13-11-19)38-18(3)26(34)33-31-16-20-7-5-6-8-23(20)30/h5-8,10-13,16-18H,4,9,14-15H2,1-3H3,(H,32,35)(H,33,34)/b31-16+. The number of nitrogens with zero attached hydrogens (tertiary/aromatic N) is 1. The number of anilines is 1. The maximum Gasteiger partial charge on any atom is 0.341 e. The molecule has 0 fully saturated rings. The van der Waals surface area contributed by atoms with Crippen LogP contribution in [0.25, 0.3) is 0 Å². The Labute approximate surface area is 230 Å². The first-order chi connectivity index (χ1) is 18.8. The highest BCUT2D eigenvalue weighted by atomic mass is 32.1. The van der Waals surface area contributed by atoms with Crippen LogP contribution in [0.2, 0.25) is 0 Å². The molecule has 4 rings (SSSR count). The Morgan fingerprint density at radius 2 is 1.92 bits per heavy atom. The summed E-state index contributed by atoms with van der Waals surface area (Å²) in [6, 6.07) is 12.4. The van der Waals surface area contributed by atoms with Gasteiger partial charge >= 0.3 is 5.97 Å². The van der Waals surface area contributed by atoms with E-state index in [0.717, 1.165) is 29.7 Å². The van der Waals surface area contributed by atoms with Gasteiger partial charge in [-0.3, -0.25) is 9.59 Å². The van der Waals surface area contributed by atoms with Gasteiger partial charge in [-0.05, 0) is 74.9 Å². The predicted molar refractivity (Wildman–Crippen MR) is 148 cm³/mol. The van der Waals surface area contributed by atoms with Crippen molar-refractivity contribution in [3.63, 3.8) is 0 Å². The normalized spacial score (nSPS) is 15.3. The smallest absolute Gasteiger partial charge is 0.341 e. The second kappa shape index (κ2) is 12.7. The average molecular weight is 552 g/mol. The number of thiophene rings is 1. The molecule has 2 unspecified atom stereocenters. The molecular formula is C29H30FN3O5S. The Bertz CT molecular complexity index is 1390. The number of esters is 1. The van der Waals surface area contributed by atoms with Crippen LogP contribution in [0.5, 0.6) is 5.75 Å². The van der Waals surface area contributed by atoms with E-state index in [4.69, 9.17) is 9.47 Å². The minimum absolute atomic E-state index is 0.242. The molecule has 1 aliphatic rings. The lowest BCUT2D eigenvalue weighted by Gasteiger charge is -2.18. The zero-order valence-electron chi connectivity index (χ0n) is 22.0. The summed E-state index contributed by atoms with van der Waals surface area (Å²) in [6.07, 6.45) is 2.96.